The van der Waals surface area contributed by atoms with Crippen LogP contribution in [0.3, 0.4) is 0 Å². The molecule has 7 heteroatoms. The van der Waals surface area contributed by atoms with Crippen LogP contribution in [0.15, 0.2) is 59.1 Å². The Morgan fingerprint density at radius 1 is 1.00 bits per heavy atom. The minimum absolute atomic E-state index is 0.298. The third kappa shape index (κ3) is 5.69. The van der Waals surface area contributed by atoms with E-state index in [2.05, 4.69) is 21.2 Å². The van der Waals surface area contributed by atoms with E-state index in [9.17, 15) is 4.79 Å². The number of halogens is 3. The average molecular weight is 509 g/mol. The highest BCUT2D eigenvalue weighted by Crippen LogP contribution is 2.37. The average Bonchev–Trinajstić information content (AvgIpc) is 2.71. The molecule has 0 unspecified atom stereocenters. The highest BCUT2D eigenvalue weighted by Gasteiger charge is 2.17. The number of rotatable bonds is 7. The highest BCUT2D eigenvalue weighted by molar-refractivity contribution is 9.10. The van der Waals surface area contributed by atoms with E-state index in [4.69, 9.17) is 32.7 Å². The molecule has 0 aromatic heterocycles. The Bertz CT molecular complexity index is 1060. The molecule has 0 aliphatic rings. The lowest BCUT2D eigenvalue weighted by Crippen LogP contribution is -2.12. The number of nitrogens with one attached hydrogen (secondary N) is 1. The number of hydrogen-bond acceptors (Lipinski definition) is 3. The van der Waals surface area contributed by atoms with Gasteiger partial charge in [-0.3, -0.25) is 4.79 Å². The van der Waals surface area contributed by atoms with Gasteiger partial charge in [-0.25, -0.2) is 0 Å². The quantitative estimate of drug-likeness (QED) is 0.364. The van der Waals surface area contributed by atoms with Crippen molar-refractivity contribution >= 4 is 50.7 Å². The summed E-state index contributed by atoms with van der Waals surface area (Å²) in [6, 6.07) is 16.4. The molecule has 0 atom stereocenters. The van der Waals surface area contributed by atoms with Crippen molar-refractivity contribution in [2.45, 2.75) is 20.5 Å². The van der Waals surface area contributed by atoms with Crippen molar-refractivity contribution in [3.63, 3.8) is 0 Å². The molecule has 0 spiro atoms. The maximum absolute atomic E-state index is 12.7. The lowest BCUT2D eigenvalue weighted by atomic mass is 10.1. The fourth-order valence-corrected chi connectivity index (χ4v) is 3.41. The van der Waals surface area contributed by atoms with Crippen molar-refractivity contribution in [3.8, 4) is 11.5 Å². The van der Waals surface area contributed by atoms with Crippen LogP contribution in [-0.4, -0.2) is 12.5 Å². The van der Waals surface area contributed by atoms with E-state index in [1.54, 1.807) is 30.3 Å². The van der Waals surface area contributed by atoms with Crippen LogP contribution in [-0.2, 0) is 6.61 Å². The van der Waals surface area contributed by atoms with Gasteiger partial charge < -0.3 is 14.8 Å². The van der Waals surface area contributed by atoms with Crippen LogP contribution in [0.5, 0.6) is 11.5 Å². The summed E-state index contributed by atoms with van der Waals surface area (Å²) in [5.41, 5.74) is 3.11. The van der Waals surface area contributed by atoms with Crippen LogP contribution in [0.25, 0.3) is 0 Å². The maximum atomic E-state index is 12.7. The van der Waals surface area contributed by atoms with Gasteiger partial charge in [0.1, 0.15) is 6.61 Å². The SMILES string of the molecule is CCOc1cc(C(=O)Nc2ccc(Br)c(Cl)c2)cc(Cl)c1OCc1ccc(C)cc1. The van der Waals surface area contributed by atoms with Crippen LogP contribution in [0.2, 0.25) is 10.0 Å². The van der Waals surface area contributed by atoms with Crippen LogP contribution in [0.4, 0.5) is 5.69 Å². The molecular weight excluding hydrogens is 489 g/mol. The summed E-state index contributed by atoms with van der Waals surface area (Å²) in [7, 11) is 0. The van der Waals surface area contributed by atoms with Gasteiger partial charge in [0.05, 0.1) is 16.7 Å². The number of carbonyl (C=O) groups is 1. The summed E-state index contributed by atoms with van der Waals surface area (Å²) in [6.45, 7) is 4.63. The second kappa shape index (κ2) is 10.2. The largest absolute Gasteiger partial charge is 0.490 e. The molecule has 0 radical (unpaired) electrons. The number of benzene rings is 3. The molecule has 3 rings (SSSR count). The first-order valence-electron chi connectivity index (χ1n) is 9.28. The van der Waals surface area contributed by atoms with Gasteiger partial charge in [-0.1, -0.05) is 53.0 Å². The summed E-state index contributed by atoms with van der Waals surface area (Å²) >= 11 is 15.9. The highest BCUT2D eigenvalue weighted by atomic mass is 79.9. The monoisotopic (exact) mass is 507 g/mol. The molecule has 4 nitrogen and oxygen atoms in total. The fourth-order valence-electron chi connectivity index (χ4n) is 2.72. The van der Waals surface area contributed by atoms with Crippen molar-refractivity contribution in [3.05, 3.63) is 85.8 Å². The predicted octanol–water partition coefficient (Wildman–Crippen LogP) is 7.29. The Morgan fingerprint density at radius 2 is 1.73 bits per heavy atom. The minimum Gasteiger partial charge on any atom is -0.490 e. The summed E-state index contributed by atoms with van der Waals surface area (Å²) in [4.78, 5) is 12.7. The van der Waals surface area contributed by atoms with Gasteiger partial charge in [-0.15, -0.1) is 0 Å². The van der Waals surface area contributed by atoms with E-state index in [0.29, 0.717) is 46.0 Å². The zero-order chi connectivity index (χ0) is 21.7. The number of aryl methyl sites for hydroxylation is 1. The number of ether oxygens (including phenoxy) is 2. The predicted molar refractivity (Wildman–Crippen MR) is 125 cm³/mol. The molecule has 1 N–H and O–H groups in total. The molecular formula is C23H20BrCl2NO3. The molecule has 30 heavy (non-hydrogen) atoms. The Kier molecular flexibility index (Phi) is 7.64. The molecule has 0 heterocycles. The molecule has 0 bridgehead atoms. The second-order valence-electron chi connectivity index (χ2n) is 6.58. The summed E-state index contributed by atoms with van der Waals surface area (Å²) in [6.07, 6.45) is 0. The Balaban J connectivity index is 1.81. The number of carbonyl (C=O) groups excluding carboxylic acids is 1. The molecule has 3 aromatic rings. The number of hydrogen-bond donors (Lipinski definition) is 1. The molecule has 0 saturated carbocycles. The topological polar surface area (TPSA) is 47.6 Å². The first-order chi connectivity index (χ1) is 14.4. The van der Waals surface area contributed by atoms with E-state index in [0.717, 1.165) is 10.0 Å². The lowest BCUT2D eigenvalue weighted by Gasteiger charge is -2.15. The number of amides is 1. The Hall–Kier alpha value is -2.21. The van der Waals surface area contributed by atoms with Gasteiger partial charge >= 0.3 is 0 Å². The van der Waals surface area contributed by atoms with Gasteiger partial charge in [-0.2, -0.15) is 0 Å². The van der Waals surface area contributed by atoms with E-state index >= 15 is 0 Å². The molecule has 0 fully saturated rings. The zero-order valence-electron chi connectivity index (χ0n) is 16.5. The third-order valence-electron chi connectivity index (χ3n) is 4.25. The first kappa shape index (κ1) is 22.5. The summed E-state index contributed by atoms with van der Waals surface area (Å²) in [5, 5.41) is 3.61. The first-order valence-corrected chi connectivity index (χ1v) is 10.8. The van der Waals surface area contributed by atoms with Gasteiger partial charge in [0.25, 0.3) is 5.91 Å². The lowest BCUT2D eigenvalue weighted by molar-refractivity contribution is 0.102. The van der Waals surface area contributed by atoms with Crippen LogP contribution >= 0.6 is 39.1 Å². The van der Waals surface area contributed by atoms with Crippen molar-refractivity contribution in [1.29, 1.82) is 0 Å². The van der Waals surface area contributed by atoms with Crippen LogP contribution in [0.1, 0.15) is 28.4 Å². The molecule has 156 valence electrons. The second-order valence-corrected chi connectivity index (χ2v) is 8.24. The standard InChI is InChI=1S/C23H20BrCl2NO3/c1-3-29-21-11-16(23(28)27-17-8-9-18(24)19(25)12-17)10-20(26)22(21)30-13-15-6-4-14(2)5-7-15/h4-12H,3,13H2,1-2H3,(H,27,28). The Morgan fingerprint density at radius 3 is 2.40 bits per heavy atom. The van der Waals surface area contributed by atoms with Gasteiger partial charge in [0, 0.05) is 15.7 Å². The summed E-state index contributed by atoms with van der Waals surface area (Å²) in [5.74, 6) is 0.486. The van der Waals surface area contributed by atoms with Gasteiger partial charge in [0.15, 0.2) is 11.5 Å². The van der Waals surface area contributed by atoms with Crippen LogP contribution < -0.4 is 14.8 Å². The molecule has 0 aliphatic heterocycles. The molecule has 3 aromatic carbocycles. The smallest absolute Gasteiger partial charge is 0.255 e. The van der Waals surface area contributed by atoms with E-state index in [1.807, 2.05) is 38.1 Å². The normalized spacial score (nSPS) is 10.6. The molecule has 0 saturated heterocycles. The van der Waals surface area contributed by atoms with Gasteiger partial charge in [0.2, 0.25) is 0 Å². The molecule has 0 aliphatic carbocycles. The fraction of sp³-hybridized carbons (Fsp3) is 0.174. The zero-order valence-corrected chi connectivity index (χ0v) is 19.6. The molecule has 1 amide bonds. The van der Waals surface area contributed by atoms with E-state index in [-0.39, 0.29) is 5.91 Å². The number of anilines is 1. The third-order valence-corrected chi connectivity index (χ3v) is 5.77. The summed E-state index contributed by atoms with van der Waals surface area (Å²) < 4.78 is 12.4. The van der Waals surface area contributed by atoms with Crippen molar-refractivity contribution in [2.24, 2.45) is 0 Å². The Labute approximate surface area is 194 Å². The van der Waals surface area contributed by atoms with Crippen molar-refractivity contribution < 1.29 is 14.3 Å². The van der Waals surface area contributed by atoms with Crippen LogP contribution in [0, 0.1) is 6.92 Å². The van der Waals surface area contributed by atoms with Gasteiger partial charge in [-0.05, 0) is 65.7 Å². The van der Waals surface area contributed by atoms with Crippen molar-refractivity contribution in [1.82, 2.24) is 0 Å². The maximum Gasteiger partial charge on any atom is 0.255 e. The van der Waals surface area contributed by atoms with Crippen molar-refractivity contribution in [2.75, 3.05) is 11.9 Å². The van der Waals surface area contributed by atoms with E-state index in [1.165, 1.54) is 5.56 Å². The minimum atomic E-state index is -0.332. The van der Waals surface area contributed by atoms with E-state index < -0.39 is 0 Å².